The molecule has 1 unspecified atom stereocenters. The maximum Gasteiger partial charge on any atom is 0.407 e. The van der Waals surface area contributed by atoms with Crippen LogP contribution in [0.5, 0.6) is 0 Å². The minimum absolute atomic E-state index is 0.218. The van der Waals surface area contributed by atoms with Crippen molar-refractivity contribution in [3.63, 3.8) is 0 Å². The summed E-state index contributed by atoms with van der Waals surface area (Å²) >= 11 is 0. The molecule has 1 aromatic carbocycles. The van der Waals surface area contributed by atoms with E-state index in [4.69, 9.17) is 14.2 Å². The quantitative estimate of drug-likeness (QED) is 0.327. The fraction of sp³-hybridized carbons (Fsp3) is 0.364. The molecule has 0 radical (unpaired) electrons. The Labute approximate surface area is 103 Å². The number of esters is 1. The van der Waals surface area contributed by atoms with E-state index in [1.54, 1.807) is 18.2 Å². The first kappa shape index (κ1) is 14.1. The van der Waals surface area contributed by atoms with Gasteiger partial charge in [0, 0.05) is 14.2 Å². The lowest BCUT2D eigenvalue weighted by Crippen LogP contribution is -2.40. The van der Waals surface area contributed by atoms with Gasteiger partial charge in [0.25, 0.3) is 6.29 Å². The van der Waals surface area contributed by atoms with Gasteiger partial charge in [-0.25, -0.2) is 4.79 Å². The summed E-state index contributed by atoms with van der Waals surface area (Å²) < 4.78 is 14.2. The molecule has 0 aromatic heterocycles. The van der Waals surface area contributed by atoms with Crippen molar-refractivity contribution in [3.8, 4) is 0 Å². The molecule has 0 spiro atoms. The van der Waals surface area contributed by atoms with E-state index in [1.165, 1.54) is 26.4 Å². The van der Waals surface area contributed by atoms with E-state index >= 15 is 0 Å². The number of benzene rings is 1. The largest absolute Gasteiger partial charge is 0.407 e. The molecule has 0 bridgehead atoms. The minimum atomic E-state index is -1.72. The second kappa shape index (κ2) is 6.67. The normalized spacial score (nSPS) is 12.2. The Morgan fingerprint density at radius 1 is 1.22 bits per heavy atom. The fourth-order valence-corrected chi connectivity index (χ4v) is 1.28. The van der Waals surface area contributed by atoms with Crippen LogP contribution in [0.15, 0.2) is 30.3 Å². The zero-order valence-electron chi connectivity index (χ0n) is 9.94. The van der Waals surface area contributed by atoms with Crippen molar-refractivity contribution in [2.45, 2.75) is 12.5 Å². The van der Waals surface area contributed by atoms with Crippen LogP contribution in [0, 0.1) is 10.1 Å². The molecule has 0 N–H and O–H groups in total. The molecule has 0 aliphatic carbocycles. The molecule has 0 aliphatic heterocycles. The average molecular weight is 255 g/mol. The first-order valence-corrected chi connectivity index (χ1v) is 5.05. The summed E-state index contributed by atoms with van der Waals surface area (Å²) in [7, 11) is 2.45. The maximum absolute atomic E-state index is 11.7. The molecular weight excluding hydrogens is 242 g/mol. The lowest BCUT2D eigenvalue weighted by molar-refractivity contribution is -0.592. The van der Waals surface area contributed by atoms with Gasteiger partial charge in [0.1, 0.15) is 0 Å². The third-order valence-electron chi connectivity index (χ3n) is 2.14. The molecule has 1 rings (SSSR count). The Kier molecular flexibility index (Phi) is 5.22. The number of rotatable bonds is 6. The topological polar surface area (TPSA) is 87.9 Å². The van der Waals surface area contributed by atoms with Crippen molar-refractivity contribution in [1.29, 1.82) is 0 Å². The maximum atomic E-state index is 11.7. The molecule has 18 heavy (non-hydrogen) atoms. The third kappa shape index (κ3) is 3.51. The molecule has 0 saturated heterocycles. The Bertz CT molecular complexity index is 403. The molecule has 0 aliphatic rings. The van der Waals surface area contributed by atoms with E-state index in [9.17, 15) is 14.9 Å². The Hall–Kier alpha value is -1.99. The Morgan fingerprint density at radius 2 is 1.78 bits per heavy atom. The number of ether oxygens (including phenoxy) is 3. The molecule has 1 atom stereocenters. The van der Waals surface area contributed by atoms with Gasteiger partial charge in [0.15, 0.2) is 0 Å². The van der Waals surface area contributed by atoms with Gasteiger partial charge in [-0.15, -0.1) is 0 Å². The lowest BCUT2D eigenvalue weighted by atomic mass is 10.2. The molecule has 7 heteroatoms. The van der Waals surface area contributed by atoms with Gasteiger partial charge in [0.05, 0.1) is 10.5 Å². The number of carbonyl (C=O) groups is 1. The second-order valence-electron chi connectivity index (χ2n) is 3.29. The van der Waals surface area contributed by atoms with Gasteiger partial charge in [-0.2, -0.15) is 0 Å². The molecule has 0 heterocycles. The number of hydrogen-bond acceptors (Lipinski definition) is 6. The van der Waals surface area contributed by atoms with Crippen LogP contribution in [0.3, 0.4) is 0 Å². The molecule has 1 aromatic rings. The van der Waals surface area contributed by atoms with Gasteiger partial charge in [-0.3, -0.25) is 10.1 Å². The first-order valence-electron chi connectivity index (χ1n) is 5.05. The molecule has 0 amide bonds. The zero-order chi connectivity index (χ0) is 13.5. The minimum Gasteiger partial charge on any atom is -0.390 e. The number of carbonyl (C=O) groups excluding carboxylic acids is 1. The SMILES string of the molecule is COC(OC)C(OC(=O)c1ccccc1)[N+](=O)[O-]. The highest BCUT2D eigenvalue weighted by molar-refractivity contribution is 5.89. The molecular formula is C11H13NO6. The highest BCUT2D eigenvalue weighted by atomic mass is 16.7. The second-order valence-corrected chi connectivity index (χ2v) is 3.29. The van der Waals surface area contributed by atoms with Crippen LogP contribution in [0.2, 0.25) is 0 Å². The van der Waals surface area contributed by atoms with Gasteiger partial charge in [0.2, 0.25) is 0 Å². The number of nitro groups is 1. The highest BCUT2D eigenvalue weighted by Crippen LogP contribution is 2.09. The van der Waals surface area contributed by atoms with Crippen molar-refractivity contribution in [2.24, 2.45) is 0 Å². The van der Waals surface area contributed by atoms with E-state index in [-0.39, 0.29) is 5.56 Å². The summed E-state index contributed by atoms with van der Waals surface area (Å²) in [5.41, 5.74) is 0.218. The summed E-state index contributed by atoms with van der Waals surface area (Å²) in [6.07, 6.45) is -2.97. The van der Waals surface area contributed by atoms with Crippen LogP contribution in [0.4, 0.5) is 0 Å². The van der Waals surface area contributed by atoms with E-state index in [0.717, 1.165) is 0 Å². The zero-order valence-corrected chi connectivity index (χ0v) is 9.94. The van der Waals surface area contributed by atoms with Crippen LogP contribution in [0.25, 0.3) is 0 Å². The fourth-order valence-electron chi connectivity index (χ4n) is 1.28. The molecule has 7 nitrogen and oxygen atoms in total. The lowest BCUT2D eigenvalue weighted by Gasteiger charge is -2.17. The van der Waals surface area contributed by atoms with Crippen molar-refractivity contribution in [3.05, 3.63) is 46.0 Å². The molecule has 98 valence electrons. The predicted molar refractivity (Wildman–Crippen MR) is 60.4 cm³/mol. The van der Waals surface area contributed by atoms with E-state index in [1.807, 2.05) is 0 Å². The summed E-state index contributed by atoms with van der Waals surface area (Å²) in [6.45, 7) is 0. The van der Waals surface area contributed by atoms with Gasteiger partial charge in [-0.05, 0) is 12.1 Å². The van der Waals surface area contributed by atoms with Crippen molar-refractivity contribution in [1.82, 2.24) is 0 Å². The highest BCUT2D eigenvalue weighted by Gasteiger charge is 2.36. The van der Waals surface area contributed by atoms with Crippen LogP contribution in [-0.4, -0.2) is 37.6 Å². The van der Waals surface area contributed by atoms with Crippen molar-refractivity contribution < 1.29 is 23.9 Å². The van der Waals surface area contributed by atoms with Crippen LogP contribution in [-0.2, 0) is 14.2 Å². The predicted octanol–water partition coefficient (Wildman–Crippen LogP) is 1.07. The van der Waals surface area contributed by atoms with Crippen molar-refractivity contribution >= 4 is 5.97 Å². The van der Waals surface area contributed by atoms with Crippen LogP contribution in [0.1, 0.15) is 10.4 Å². The summed E-state index contributed by atoms with van der Waals surface area (Å²) in [5, 5.41) is 10.8. The number of methoxy groups -OCH3 is 2. The van der Waals surface area contributed by atoms with Crippen LogP contribution < -0.4 is 0 Å². The van der Waals surface area contributed by atoms with E-state index in [0.29, 0.717) is 0 Å². The Balaban J connectivity index is 2.79. The standard InChI is InChI=1S/C11H13NO6/c1-16-11(17-2)9(12(14)15)18-10(13)8-6-4-3-5-7-8/h3-7,9,11H,1-2H3. The van der Waals surface area contributed by atoms with Crippen LogP contribution >= 0.6 is 0 Å². The van der Waals surface area contributed by atoms with Gasteiger partial charge >= 0.3 is 12.2 Å². The average Bonchev–Trinajstić information content (AvgIpc) is 2.39. The van der Waals surface area contributed by atoms with Crippen molar-refractivity contribution in [2.75, 3.05) is 14.2 Å². The summed E-state index contributed by atoms with van der Waals surface area (Å²) in [6, 6.07) is 7.96. The monoisotopic (exact) mass is 255 g/mol. The first-order chi connectivity index (χ1) is 8.60. The van der Waals surface area contributed by atoms with Gasteiger partial charge in [-0.1, -0.05) is 18.2 Å². The number of nitrogens with zero attached hydrogens (tertiary/aromatic N) is 1. The number of hydrogen-bond donors (Lipinski definition) is 0. The van der Waals surface area contributed by atoms with Gasteiger partial charge < -0.3 is 14.2 Å². The third-order valence-corrected chi connectivity index (χ3v) is 2.14. The van der Waals surface area contributed by atoms with E-state index < -0.39 is 23.4 Å². The molecule has 0 fully saturated rings. The Morgan fingerprint density at radius 3 is 2.22 bits per heavy atom. The summed E-state index contributed by atoms with van der Waals surface area (Å²) in [5.74, 6) is -0.809. The van der Waals surface area contributed by atoms with E-state index in [2.05, 4.69) is 0 Å². The summed E-state index contributed by atoms with van der Waals surface area (Å²) in [4.78, 5) is 21.7. The smallest absolute Gasteiger partial charge is 0.390 e. The molecule has 0 saturated carbocycles.